The average molecular weight is 444 g/mol. The molecule has 0 radical (unpaired) electrons. The number of hydrogen-bond acceptors (Lipinski definition) is 7. The second-order valence-corrected chi connectivity index (χ2v) is 7.94. The molecule has 4 rings (SSSR count). The number of carbonyl (C=O) groups excluding carboxylic acids is 1. The number of aryl methyl sites for hydroxylation is 1. The molecule has 1 fully saturated rings. The van der Waals surface area contributed by atoms with Crippen LogP contribution in [0.15, 0.2) is 42.6 Å². The predicted octanol–water partition coefficient (Wildman–Crippen LogP) is 3.84. The van der Waals surface area contributed by atoms with E-state index in [1.807, 2.05) is 17.9 Å². The summed E-state index contributed by atoms with van der Waals surface area (Å²) in [5.41, 5.74) is 1.88. The van der Waals surface area contributed by atoms with Gasteiger partial charge in [-0.1, -0.05) is 29.3 Å². The molecule has 0 aliphatic carbocycles. The highest BCUT2D eigenvalue weighted by Gasteiger charge is 2.27. The first-order chi connectivity index (χ1) is 14.4. The van der Waals surface area contributed by atoms with Crippen molar-refractivity contribution in [2.24, 2.45) is 0 Å². The molecule has 3 heterocycles. The van der Waals surface area contributed by atoms with E-state index in [1.165, 1.54) is 0 Å². The summed E-state index contributed by atoms with van der Waals surface area (Å²) in [5.74, 6) is 1.53. The van der Waals surface area contributed by atoms with Crippen LogP contribution in [0.3, 0.4) is 0 Å². The number of carbonyl (C=O) groups is 1. The maximum atomic E-state index is 12.7. The van der Waals surface area contributed by atoms with E-state index in [9.17, 15) is 9.90 Å². The van der Waals surface area contributed by atoms with Crippen molar-refractivity contribution in [2.45, 2.75) is 19.4 Å². The first-order valence-corrected chi connectivity index (χ1v) is 10.1. The maximum Gasteiger partial charge on any atom is 0.227 e. The Kier molecular flexibility index (Phi) is 5.85. The minimum absolute atomic E-state index is 0.139. The number of pyridine rings is 1. The van der Waals surface area contributed by atoms with Gasteiger partial charge in [-0.15, -0.1) is 0 Å². The van der Waals surface area contributed by atoms with Crippen LogP contribution in [0, 0.1) is 6.92 Å². The summed E-state index contributed by atoms with van der Waals surface area (Å²) < 4.78 is 0. The van der Waals surface area contributed by atoms with Gasteiger partial charge in [0.25, 0.3) is 0 Å². The molecule has 0 saturated carbocycles. The molecule has 7 nitrogen and oxygen atoms in total. The molecular weight excluding hydrogens is 425 g/mol. The summed E-state index contributed by atoms with van der Waals surface area (Å²) >= 11 is 12.3. The van der Waals surface area contributed by atoms with E-state index in [-0.39, 0.29) is 18.3 Å². The van der Waals surface area contributed by atoms with E-state index in [2.05, 4.69) is 20.3 Å². The number of hydrogen-bond donors (Lipinski definition) is 2. The van der Waals surface area contributed by atoms with E-state index in [0.717, 1.165) is 11.3 Å². The standard InChI is InChI=1S/C21H19Cl2N5O2/c1-12-7-19(27-21(25-12)28-10-14(29)11-28)26-18-9-13(5-6-24-18)8-17(30)20-15(22)3-2-4-16(20)23/h2-7,9,14,29H,8,10-11H2,1H3,(H,24,25,26,27). The van der Waals surface area contributed by atoms with Gasteiger partial charge in [-0.3, -0.25) is 4.79 Å². The van der Waals surface area contributed by atoms with Gasteiger partial charge >= 0.3 is 0 Å². The van der Waals surface area contributed by atoms with Crippen LogP contribution in [0.5, 0.6) is 0 Å². The van der Waals surface area contributed by atoms with Gasteiger partial charge in [-0.2, -0.15) is 4.98 Å². The summed E-state index contributed by atoms with van der Waals surface area (Å²) in [7, 11) is 0. The zero-order valence-corrected chi connectivity index (χ0v) is 17.7. The maximum absolute atomic E-state index is 12.7. The lowest BCUT2D eigenvalue weighted by Crippen LogP contribution is -2.51. The molecule has 9 heteroatoms. The Labute approximate surface area is 183 Å². The van der Waals surface area contributed by atoms with E-state index in [0.29, 0.717) is 46.3 Å². The van der Waals surface area contributed by atoms with Crippen molar-refractivity contribution in [1.82, 2.24) is 15.0 Å². The van der Waals surface area contributed by atoms with Crippen LogP contribution in [-0.4, -0.2) is 45.0 Å². The predicted molar refractivity (Wildman–Crippen MR) is 117 cm³/mol. The highest BCUT2D eigenvalue weighted by Crippen LogP contribution is 2.26. The van der Waals surface area contributed by atoms with Gasteiger partial charge in [0.2, 0.25) is 5.95 Å². The van der Waals surface area contributed by atoms with Crippen molar-refractivity contribution in [1.29, 1.82) is 0 Å². The summed E-state index contributed by atoms with van der Waals surface area (Å²) in [5, 5.41) is 13.3. The third kappa shape index (κ3) is 4.53. The number of nitrogens with zero attached hydrogens (tertiary/aromatic N) is 4. The number of ketones is 1. The van der Waals surface area contributed by atoms with Crippen molar-refractivity contribution < 1.29 is 9.90 Å². The van der Waals surface area contributed by atoms with Gasteiger partial charge < -0.3 is 15.3 Å². The molecule has 0 bridgehead atoms. The number of Topliss-reactive ketones (excluding diaryl/α,β-unsaturated/α-hetero) is 1. The Bertz CT molecular complexity index is 1080. The number of β-amino-alcohol motifs (C(OH)–C–C–N with tert-alkyl or cyclic N) is 1. The summed E-state index contributed by atoms with van der Waals surface area (Å²) in [6.07, 6.45) is 1.42. The minimum Gasteiger partial charge on any atom is -0.389 e. The number of halogens is 2. The fourth-order valence-corrected chi connectivity index (χ4v) is 3.81. The smallest absolute Gasteiger partial charge is 0.227 e. The molecule has 1 aliphatic rings. The second-order valence-electron chi connectivity index (χ2n) is 7.12. The van der Waals surface area contributed by atoms with Crippen LogP contribution in [0.2, 0.25) is 10.0 Å². The first kappa shape index (κ1) is 20.5. The van der Waals surface area contributed by atoms with E-state index in [4.69, 9.17) is 23.2 Å². The van der Waals surface area contributed by atoms with Gasteiger partial charge in [0.1, 0.15) is 11.6 Å². The largest absolute Gasteiger partial charge is 0.389 e. The van der Waals surface area contributed by atoms with Crippen molar-refractivity contribution in [2.75, 3.05) is 23.3 Å². The van der Waals surface area contributed by atoms with E-state index >= 15 is 0 Å². The fourth-order valence-electron chi connectivity index (χ4n) is 3.20. The Morgan fingerprint density at radius 3 is 2.60 bits per heavy atom. The normalized spacial score (nSPS) is 13.8. The molecule has 0 atom stereocenters. The molecule has 0 amide bonds. The van der Waals surface area contributed by atoms with Gasteiger partial charge in [0.15, 0.2) is 5.78 Å². The topological polar surface area (TPSA) is 91.2 Å². The Morgan fingerprint density at radius 2 is 1.90 bits per heavy atom. The monoisotopic (exact) mass is 443 g/mol. The van der Waals surface area contributed by atoms with Gasteiger partial charge in [0, 0.05) is 37.5 Å². The number of nitrogens with one attached hydrogen (secondary N) is 1. The SMILES string of the molecule is Cc1cc(Nc2cc(CC(=O)c3c(Cl)cccc3Cl)ccn2)nc(N2CC(O)C2)n1. The highest BCUT2D eigenvalue weighted by molar-refractivity contribution is 6.39. The highest BCUT2D eigenvalue weighted by atomic mass is 35.5. The van der Waals surface area contributed by atoms with Crippen molar-refractivity contribution in [3.8, 4) is 0 Å². The summed E-state index contributed by atoms with van der Waals surface area (Å²) in [4.78, 5) is 27.8. The molecule has 1 aliphatic heterocycles. The molecule has 3 aromatic rings. The van der Waals surface area contributed by atoms with Crippen LogP contribution in [0.1, 0.15) is 21.6 Å². The second kappa shape index (κ2) is 8.55. The molecule has 2 N–H and O–H groups in total. The van der Waals surface area contributed by atoms with Gasteiger partial charge in [-0.25, -0.2) is 9.97 Å². The number of aromatic nitrogens is 3. The molecule has 1 saturated heterocycles. The molecule has 2 aromatic heterocycles. The van der Waals surface area contributed by atoms with Crippen molar-refractivity contribution in [3.05, 3.63) is 69.5 Å². The Balaban J connectivity index is 1.51. The fraction of sp³-hybridized carbons (Fsp3) is 0.238. The lowest BCUT2D eigenvalue weighted by atomic mass is 10.0. The minimum atomic E-state index is -0.340. The molecule has 154 valence electrons. The van der Waals surface area contributed by atoms with Crippen LogP contribution in [-0.2, 0) is 6.42 Å². The quantitative estimate of drug-likeness (QED) is 0.559. The number of aliphatic hydroxyl groups excluding tert-OH is 1. The lowest BCUT2D eigenvalue weighted by Gasteiger charge is -2.36. The third-order valence-electron chi connectivity index (χ3n) is 4.67. The number of rotatable bonds is 6. The average Bonchev–Trinajstić information content (AvgIpc) is 2.65. The Hall–Kier alpha value is -2.74. The van der Waals surface area contributed by atoms with Crippen LogP contribution in [0.4, 0.5) is 17.6 Å². The van der Waals surface area contributed by atoms with Gasteiger partial charge in [-0.05, 0) is 36.8 Å². The number of anilines is 3. The third-order valence-corrected chi connectivity index (χ3v) is 5.30. The van der Waals surface area contributed by atoms with Crippen molar-refractivity contribution in [3.63, 3.8) is 0 Å². The zero-order chi connectivity index (χ0) is 21.3. The molecule has 0 spiro atoms. The molecule has 30 heavy (non-hydrogen) atoms. The molecule has 1 aromatic carbocycles. The van der Waals surface area contributed by atoms with E-state index in [1.54, 1.807) is 36.5 Å². The first-order valence-electron chi connectivity index (χ1n) is 9.37. The van der Waals surface area contributed by atoms with E-state index < -0.39 is 0 Å². The van der Waals surface area contributed by atoms with Gasteiger partial charge in [0.05, 0.1) is 21.7 Å². The van der Waals surface area contributed by atoms with Crippen LogP contribution >= 0.6 is 23.2 Å². The number of aliphatic hydroxyl groups is 1. The van der Waals surface area contributed by atoms with Crippen LogP contribution < -0.4 is 10.2 Å². The number of benzene rings is 1. The summed E-state index contributed by atoms with van der Waals surface area (Å²) in [6.45, 7) is 2.91. The lowest BCUT2D eigenvalue weighted by molar-refractivity contribution is 0.0993. The molecule has 0 unspecified atom stereocenters. The molecular formula is C21H19Cl2N5O2. The van der Waals surface area contributed by atoms with Crippen molar-refractivity contribution >= 4 is 46.6 Å². The Morgan fingerprint density at radius 1 is 1.17 bits per heavy atom. The zero-order valence-electron chi connectivity index (χ0n) is 16.1. The van der Waals surface area contributed by atoms with Crippen LogP contribution in [0.25, 0.3) is 0 Å². The summed E-state index contributed by atoms with van der Waals surface area (Å²) in [6, 6.07) is 10.4.